The first-order valence-corrected chi connectivity index (χ1v) is 11.1. The molecular weight excluding hydrogens is 428 g/mol. The van der Waals surface area contributed by atoms with Crippen LogP contribution >= 0.6 is 11.6 Å². The van der Waals surface area contributed by atoms with Gasteiger partial charge in [0.1, 0.15) is 12.4 Å². The number of hydrogen-bond acceptors (Lipinski definition) is 5. The van der Waals surface area contributed by atoms with E-state index in [1.54, 1.807) is 18.2 Å². The van der Waals surface area contributed by atoms with Crippen molar-refractivity contribution >= 4 is 27.5 Å². The van der Waals surface area contributed by atoms with Crippen LogP contribution in [0.5, 0.6) is 5.75 Å². The molecule has 1 amide bonds. The highest BCUT2D eigenvalue weighted by Crippen LogP contribution is 2.22. The van der Waals surface area contributed by atoms with Gasteiger partial charge in [-0.25, -0.2) is 8.42 Å². The summed E-state index contributed by atoms with van der Waals surface area (Å²) in [6.45, 7) is 1.69. The van der Waals surface area contributed by atoms with Gasteiger partial charge in [-0.15, -0.1) is 0 Å². The van der Waals surface area contributed by atoms with Crippen molar-refractivity contribution in [1.29, 1.82) is 0 Å². The summed E-state index contributed by atoms with van der Waals surface area (Å²) < 4.78 is 37.2. The molecule has 0 atom stereocenters. The van der Waals surface area contributed by atoms with E-state index < -0.39 is 10.0 Å². The van der Waals surface area contributed by atoms with Gasteiger partial charge in [-0.2, -0.15) is 4.31 Å². The van der Waals surface area contributed by atoms with Crippen LogP contribution in [0.4, 0.5) is 0 Å². The molecule has 0 spiro atoms. The average Bonchev–Trinajstić information content (AvgIpc) is 2.78. The summed E-state index contributed by atoms with van der Waals surface area (Å²) in [5, 5.41) is 3.17. The molecule has 158 valence electrons. The maximum atomic E-state index is 12.6. The summed E-state index contributed by atoms with van der Waals surface area (Å²) in [5.74, 6) is 5.79. The third kappa shape index (κ3) is 5.74. The minimum Gasteiger partial charge on any atom is -0.479 e. The number of rotatable bonds is 6. The quantitative estimate of drug-likeness (QED) is 0.684. The summed E-state index contributed by atoms with van der Waals surface area (Å²) in [6, 6.07) is 12.9. The lowest BCUT2D eigenvalue weighted by Crippen LogP contribution is -2.40. The van der Waals surface area contributed by atoms with Gasteiger partial charge in [0.25, 0.3) is 5.91 Å². The lowest BCUT2D eigenvalue weighted by atomic mass is 10.2. The smallest absolute Gasteiger partial charge is 0.252 e. The molecule has 2 aromatic rings. The minimum absolute atomic E-state index is 0.137. The number of benzene rings is 2. The number of nitrogens with zero attached hydrogens (tertiary/aromatic N) is 1. The highest BCUT2D eigenvalue weighted by molar-refractivity contribution is 7.89. The van der Waals surface area contributed by atoms with E-state index >= 15 is 0 Å². The Hall–Kier alpha value is -2.57. The van der Waals surface area contributed by atoms with Crippen LogP contribution in [0.25, 0.3) is 0 Å². The fraction of sp³-hybridized carbons (Fsp3) is 0.286. The summed E-state index contributed by atoms with van der Waals surface area (Å²) >= 11 is 5.98. The molecule has 0 bridgehead atoms. The second kappa shape index (κ2) is 10.5. The molecular formula is C21H21ClN2O5S. The number of sulfonamides is 1. The van der Waals surface area contributed by atoms with E-state index in [4.69, 9.17) is 21.1 Å². The fourth-order valence-electron chi connectivity index (χ4n) is 2.73. The largest absolute Gasteiger partial charge is 0.479 e. The zero-order valence-corrected chi connectivity index (χ0v) is 17.7. The van der Waals surface area contributed by atoms with Crippen LogP contribution in [-0.2, 0) is 14.8 Å². The van der Waals surface area contributed by atoms with Crippen molar-refractivity contribution in [2.24, 2.45) is 0 Å². The molecule has 1 saturated heterocycles. The Labute approximate surface area is 181 Å². The van der Waals surface area contributed by atoms with Crippen LogP contribution in [0.3, 0.4) is 0 Å². The molecule has 1 fully saturated rings. The van der Waals surface area contributed by atoms with Crippen molar-refractivity contribution in [3.63, 3.8) is 0 Å². The second-order valence-corrected chi connectivity index (χ2v) is 8.64. The Bertz CT molecular complexity index is 1040. The number of carbonyl (C=O) groups is 1. The highest BCUT2D eigenvalue weighted by Gasteiger charge is 2.26. The lowest BCUT2D eigenvalue weighted by molar-refractivity contribution is 0.0730. The molecule has 1 N–H and O–H groups in total. The summed E-state index contributed by atoms with van der Waals surface area (Å²) in [5.41, 5.74) is 0.352. The molecule has 0 saturated carbocycles. The normalized spacial score (nSPS) is 14.4. The molecule has 2 aromatic carbocycles. The number of amides is 1. The van der Waals surface area contributed by atoms with Crippen LogP contribution in [0, 0.1) is 11.8 Å². The van der Waals surface area contributed by atoms with Crippen molar-refractivity contribution in [3.05, 3.63) is 59.1 Å². The molecule has 7 nitrogen and oxygen atoms in total. The van der Waals surface area contributed by atoms with Crippen molar-refractivity contribution in [2.75, 3.05) is 39.5 Å². The summed E-state index contributed by atoms with van der Waals surface area (Å²) in [7, 11) is -3.58. The Balaban J connectivity index is 1.49. The summed E-state index contributed by atoms with van der Waals surface area (Å²) in [6.07, 6.45) is 0. The van der Waals surface area contributed by atoms with Gasteiger partial charge in [-0.3, -0.25) is 4.79 Å². The van der Waals surface area contributed by atoms with Gasteiger partial charge in [0, 0.05) is 18.7 Å². The standard InChI is InChI=1S/C21H21ClN2O5S/c22-19-5-1-2-6-20(19)29-14-4-3-11-23-21(25)17-7-9-18(10-8-17)30(26,27)24-12-15-28-16-13-24/h1-2,5-10H,11-16H2,(H,23,25). The number of ether oxygens (including phenoxy) is 2. The number of para-hydroxylation sites is 1. The number of halogens is 1. The van der Waals surface area contributed by atoms with Crippen LogP contribution < -0.4 is 10.1 Å². The van der Waals surface area contributed by atoms with E-state index in [-0.39, 0.29) is 24.0 Å². The van der Waals surface area contributed by atoms with E-state index in [0.29, 0.717) is 42.6 Å². The highest BCUT2D eigenvalue weighted by atomic mass is 35.5. The van der Waals surface area contributed by atoms with Crippen LogP contribution in [-0.4, -0.2) is 58.1 Å². The van der Waals surface area contributed by atoms with Gasteiger partial charge in [-0.1, -0.05) is 35.6 Å². The Morgan fingerprint density at radius 2 is 1.80 bits per heavy atom. The van der Waals surface area contributed by atoms with Crippen molar-refractivity contribution < 1.29 is 22.7 Å². The SMILES string of the molecule is O=C(NCC#CCOc1ccccc1Cl)c1ccc(S(=O)(=O)N2CCOCC2)cc1. The van der Waals surface area contributed by atoms with Gasteiger partial charge >= 0.3 is 0 Å². The van der Waals surface area contributed by atoms with E-state index in [0.717, 1.165) is 0 Å². The Kier molecular flexibility index (Phi) is 7.71. The maximum Gasteiger partial charge on any atom is 0.252 e. The molecule has 1 aliphatic rings. The molecule has 0 unspecified atom stereocenters. The van der Waals surface area contributed by atoms with E-state index in [1.165, 1.54) is 28.6 Å². The number of hydrogen-bond donors (Lipinski definition) is 1. The zero-order chi connectivity index (χ0) is 21.4. The first-order chi connectivity index (χ1) is 14.5. The van der Waals surface area contributed by atoms with E-state index in [1.807, 2.05) is 6.07 Å². The maximum absolute atomic E-state index is 12.6. The fourth-order valence-corrected chi connectivity index (χ4v) is 4.33. The average molecular weight is 449 g/mol. The first-order valence-electron chi connectivity index (χ1n) is 9.28. The predicted molar refractivity (Wildman–Crippen MR) is 113 cm³/mol. The molecule has 0 aliphatic carbocycles. The summed E-state index contributed by atoms with van der Waals surface area (Å²) in [4.78, 5) is 12.4. The van der Waals surface area contributed by atoms with Gasteiger partial charge < -0.3 is 14.8 Å². The van der Waals surface area contributed by atoms with Crippen molar-refractivity contribution in [3.8, 4) is 17.6 Å². The minimum atomic E-state index is -3.58. The third-order valence-electron chi connectivity index (χ3n) is 4.32. The van der Waals surface area contributed by atoms with Crippen LogP contribution in [0.2, 0.25) is 5.02 Å². The third-order valence-corrected chi connectivity index (χ3v) is 6.55. The second-order valence-electron chi connectivity index (χ2n) is 6.30. The molecule has 3 rings (SSSR count). The zero-order valence-electron chi connectivity index (χ0n) is 16.1. The molecule has 1 heterocycles. The van der Waals surface area contributed by atoms with Crippen molar-refractivity contribution in [2.45, 2.75) is 4.90 Å². The number of carbonyl (C=O) groups excluding carboxylic acids is 1. The van der Waals surface area contributed by atoms with E-state index in [2.05, 4.69) is 17.2 Å². The van der Waals surface area contributed by atoms with Crippen molar-refractivity contribution in [1.82, 2.24) is 9.62 Å². The van der Waals surface area contributed by atoms with Gasteiger partial charge in [0.2, 0.25) is 10.0 Å². The predicted octanol–water partition coefficient (Wildman–Crippen LogP) is 2.17. The monoisotopic (exact) mass is 448 g/mol. The Morgan fingerprint density at radius 1 is 1.10 bits per heavy atom. The van der Waals surface area contributed by atoms with Gasteiger partial charge in [0.05, 0.1) is 29.7 Å². The Morgan fingerprint density at radius 3 is 2.50 bits per heavy atom. The molecule has 0 aromatic heterocycles. The molecule has 0 radical (unpaired) electrons. The molecule has 1 aliphatic heterocycles. The van der Waals surface area contributed by atoms with Gasteiger partial charge in [0.15, 0.2) is 0 Å². The lowest BCUT2D eigenvalue weighted by Gasteiger charge is -2.26. The van der Waals surface area contributed by atoms with Gasteiger partial charge in [-0.05, 0) is 36.4 Å². The van der Waals surface area contributed by atoms with Crippen LogP contribution in [0.1, 0.15) is 10.4 Å². The number of morpholine rings is 1. The topological polar surface area (TPSA) is 84.9 Å². The van der Waals surface area contributed by atoms with Crippen LogP contribution in [0.15, 0.2) is 53.4 Å². The molecule has 9 heteroatoms. The van der Waals surface area contributed by atoms with E-state index in [9.17, 15) is 13.2 Å². The number of nitrogens with one attached hydrogen (secondary N) is 1. The molecule has 30 heavy (non-hydrogen) atoms. The first kappa shape index (κ1) is 22.1.